The lowest BCUT2D eigenvalue weighted by Gasteiger charge is -2.17. The smallest absolute Gasteiger partial charge is 0.292 e. The first-order chi connectivity index (χ1) is 17.7. The minimum Gasteiger partial charge on any atom is -0.381 e. The van der Waals surface area contributed by atoms with Gasteiger partial charge in [0.2, 0.25) is 5.78 Å². The third-order valence-electron chi connectivity index (χ3n) is 5.56. The van der Waals surface area contributed by atoms with Gasteiger partial charge in [-0.1, -0.05) is 54.1 Å². The molecule has 0 aromatic heterocycles. The van der Waals surface area contributed by atoms with Gasteiger partial charge in [0, 0.05) is 36.2 Å². The maximum atomic E-state index is 13.0. The molecule has 188 valence electrons. The summed E-state index contributed by atoms with van der Waals surface area (Å²) >= 11 is 0. The van der Waals surface area contributed by atoms with Crippen molar-refractivity contribution in [3.8, 4) is 0 Å². The lowest BCUT2D eigenvalue weighted by atomic mass is 9.93. The molecule has 0 saturated carbocycles. The van der Waals surface area contributed by atoms with Gasteiger partial charge in [-0.05, 0) is 25.1 Å². The van der Waals surface area contributed by atoms with Crippen molar-refractivity contribution < 1.29 is 22.9 Å². The van der Waals surface area contributed by atoms with Crippen molar-refractivity contribution in [1.82, 2.24) is 5.32 Å². The summed E-state index contributed by atoms with van der Waals surface area (Å²) in [5, 5.41) is 17.1. The first-order valence-corrected chi connectivity index (χ1v) is 12.6. The first kappa shape index (κ1) is 25.5. The van der Waals surface area contributed by atoms with Crippen LogP contribution < -0.4 is 10.6 Å². The van der Waals surface area contributed by atoms with Gasteiger partial charge in [-0.3, -0.25) is 19.7 Å². The number of nitrogens with one attached hydrogen (secondary N) is 2. The molecule has 0 fully saturated rings. The number of ketones is 2. The van der Waals surface area contributed by atoms with E-state index in [2.05, 4.69) is 15.0 Å². The highest BCUT2D eigenvalue weighted by Gasteiger charge is 2.25. The summed E-state index contributed by atoms with van der Waals surface area (Å²) in [7, 11) is -4.15. The number of aryl methyl sites for hydroxylation is 1. The van der Waals surface area contributed by atoms with Crippen molar-refractivity contribution in [3.05, 3.63) is 111 Å². The SMILES string of the molecule is Cc1ccc(S(=O)(=O)N=C(CCNC2=CC(=O)c3ccccc3C2=O)Nc2ccccc2[N+](=O)[O-])cc1. The number of rotatable bonds is 8. The van der Waals surface area contributed by atoms with E-state index < -0.39 is 14.9 Å². The van der Waals surface area contributed by atoms with Crippen LogP contribution in [0.25, 0.3) is 0 Å². The molecule has 37 heavy (non-hydrogen) atoms. The van der Waals surface area contributed by atoms with Crippen LogP contribution in [0.1, 0.15) is 32.7 Å². The molecule has 0 radical (unpaired) electrons. The molecular formula is C26H22N4O6S. The Labute approximate surface area is 213 Å². The minimum absolute atomic E-state index is 0.0168. The number of benzene rings is 3. The van der Waals surface area contributed by atoms with Gasteiger partial charge in [0.05, 0.1) is 15.5 Å². The number of nitro benzene ring substituents is 1. The zero-order valence-electron chi connectivity index (χ0n) is 19.7. The summed E-state index contributed by atoms with van der Waals surface area (Å²) in [4.78, 5) is 36.0. The average Bonchev–Trinajstić information content (AvgIpc) is 2.87. The van der Waals surface area contributed by atoms with Crippen LogP contribution in [0.15, 0.2) is 93.9 Å². The number of fused-ring (bicyclic) bond motifs is 1. The van der Waals surface area contributed by atoms with Crippen molar-refractivity contribution >= 4 is 38.8 Å². The summed E-state index contributed by atoms with van der Waals surface area (Å²) < 4.78 is 29.8. The highest BCUT2D eigenvalue weighted by atomic mass is 32.2. The number of para-hydroxylation sites is 2. The van der Waals surface area contributed by atoms with E-state index in [-0.39, 0.29) is 57.9 Å². The number of nitro groups is 1. The first-order valence-electron chi connectivity index (χ1n) is 11.2. The molecule has 0 aliphatic heterocycles. The number of carbonyl (C=O) groups excluding carboxylic acids is 2. The second kappa shape index (κ2) is 10.5. The quantitative estimate of drug-likeness (QED) is 0.196. The Morgan fingerprint density at radius 1 is 0.946 bits per heavy atom. The van der Waals surface area contributed by atoms with Crippen LogP contribution in [0.4, 0.5) is 11.4 Å². The summed E-state index contributed by atoms with van der Waals surface area (Å²) in [6.45, 7) is 1.83. The van der Waals surface area contributed by atoms with Gasteiger partial charge in [-0.25, -0.2) is 0 Å². The number of carbonyl (C=O) groups is 2. The summed E-state index contributed by atoms with van der Waals surface area (Å²) in [5.41, 5.74) is 1.31. The molecule has 0 amide bonds. The molecule has 0 heterocycles. The molecule has 11 heteroatoms. The number of sulfonamides is 1. The lowest BCUT2D eigenvalue weighted by molar-refractivity contribution is -0.383. The fraction of sp³-hybridized carbons (Fsp3) is 0.115. The average molecular weight is 519 g/mol. The second-order valence-corrected chi connectivity index (χ2v) is 9.80. The highest BCUT2D eigenvalue weighted by molar-refractivity contribution is 7.90. The Bertz CT molecular complexity index is 1560. The molecule has 0 bridgehead atoms. The number of Topliss-reactive ketones (excluding diaryl/α,β-unsaturated/α-hetero) is 1. The second-order valence-electron chi connectivity index (χ2n) is 8.20. The normalized spacial score (nSPS) is 13.5. The fourth-order valence-corrected chi connectivity index (χ4v) is 4.71. The molecule has 0 spiro atoms. The van der Waals surface area contributed by atoms with Gasteiger partial charge in [0.1, 0.15) is 11.5 Å². The highest BCUT2D eigenvalue weighted by Crippen LogP contribution is 2.24. The maximum Gasteiger partial charge on any atom is 0.292 e. The minimum atomic E-state index is -4.15. The number of hydrogen-bond acceptors (Lipinski definition) is 7. The van der Waals surface area contributed by atoms with Gasteiger partial charge in [0.15, 0.2) is 5.78 Å². The van der Waals surface area contributed by atoms with E-state index in [1.54, 1.807) is 42.5 Å². The number of allylic oxidation sites excluding steroid dienone is 2. The van der Waals surface area contributed by atoms with Gasteiger partial charge < -0.3 is 10.6 Å². The van der Waals surface area contributed by atoms with E-state index in [1.807, 2.05) is 6.92 Å². The molecule has 3 aromatic rings. The van der Waals surface area contributed by atoms with Crippen LogP contribution in [-0.4, -0.2) is 37.3 Å². The van der Waals surface area contributed by atoms with E-state index in [1.165, 1.54) is 36.4 Å². The Balaban J connectivity index is 1.60. The molecule has 4 rings (SSSR count). The molecule has 0 atom stereocenters. The van der Waals surface area contributed by atoms with Gasteiger partial charge >= 0.3 is 0 Å². The largest absolute Gasteiger partial charge is 0.381 e. The van der Waals surface area contributed by atoms with Crippen LogP contribution >= 0.6 is 0 Å². The van der Waals surface area contributed by atoms with Crippen molar-refractivity contribution in [2.75, 3.05) is 11.9 Å². The van der Waals surface area contributed by atoms with Gasteiger partial charge in [-0.2, -0.15) is 8.42 Å². The Morgan fingerprint density at radius 2 is 1.59 bits per heavy atom. The van der Waals surface area contributed by atoms with Crippen molar-refractivity contribution in [2.45, 2.75) is 18.2 Å². The molecule has 0 saturated heterocycles. The third-order valence-corrected chi connectivity index (χ3v) is 6.89. The van der Waals surface area contributed by atoms with Crippen LogP contribution in [0, 0.1) is 17.0 Å². The van der Waals surface area contributed by atoms with Crippen LogP contribution in [0.3, 0.4) is 0 Å². The van der Waals surface area contributed by atoms with E-state index in [0.717, 1.165) is 5.56 Å². The van der Waals surface area contributed by atoms with E-state index in [0.29, 0.717) is 5.56 Å². The maximum absolute atomic E-state index is 13.0. The predicted octanol–water partition coefficient (Wildman–Crippen LogP) is 4.05. The van der Waals surface area contributed by atoms with E-state index >= 15 is 0 Å². The zero-order chi connectivity index (χ0) is 26.6. The molecule has 2 N–H and O–H groups in total. The molecule has 0 unspecified atom stereocenters. The number of anilines is 1. The summed E-state index contributed by atoms with van der Waals surface area (Å²) in [5.74, 6) is -0.780. The molecule has 10 nitrogen and oxygen atoms in total. The van der Waals surface area contributed by atoms with Crippen molar-refractivity contribution in [2.24, 2.45) is 4.40 Å². The molecule has 1 aliphatic carbocycles. The van der Waals surface area contributed by atoms with Gasteiger partial charge in [0.25, 0.3) is 15.7 Å². The number of hydrogen-bond donors (Lipinski definition) is 2. The van der Waals surface area contributed by atoms with E-state index in [9.17, 15) is 28.1 Å². The number of nitrogens with zero attached hydrogens (tertiary/aromatic N) is 2. The molecule has 1 aliphatic rings. The van der Waals surface area contributed by atoms with Crippen LogP contribution in [0.2, 0.25) is 0 Å². The standard InChI is InChI=1S/C26H22N4O6S/c1-17-10-12-18(13-11-17)37(35,36)29-25(28-21-8-4-5-9-23(21)30(33)34)14-15-27-22-16-24(31)19-6-2-3-7-20(19)26(22)32/h2-13,16,27H,14-15H2,1H3,(H,28,29). The molecular weight excluding hydrogens is 496 g/mol. The third kappa shape index (κ3) is 5.78. The lowest BCUT2D eigenvalue weighted by Crippen LogP contribution is -2.29. The fourth-order valence-electron chi connectivity index (χ4n) is 3.70. The molecule has 3 aromatic carbocycles. The van der Waals surface area contributed by atoms with Crippen LogP contribution in [-0.2, 0) is 10.0 Å². The predicted molar refractivity (Wildman–Crippen MR) is 138 cm³/mol. The Hall–Kier alpha value is -4.64. The Kier molecular flexibility index (Phi) is 7.25. The topological polar surface area (TPSA) is 148 Å². The van der Waals surface area contributed by atoms with E-state index in [4.69, 9.17) is 0 Å². The Morgan fingerprint density at radius 3 is 2.30 bits per heavy atom. The van der Waals surface area contributed by atoms with Crippen molar-refractivity contribution in [3.63, 3.8) is 0 Å². The monoisotopic (exact) mass is 518 g/mol. The number of amidine groups is 1. The van der Waals surface area contributed by atoms with Crippen molar-refractivity contribution in [1.29, 1.82) is 0 Å². The zero-order valence-corrected chi connectivity index (χ0v) is 20.5. The van der Waals surface area contributed by atoms with Gasteiger partial charge in [-0.15, -0.1) is 4.40 Å². The summed E-state index contributed by atoms with van der Waals surface area (Å²) in [6.07, 6.45) is 1.14. The summed E-state index contributed by atoms with van der Waals surface area (Å²) in [6, 6.07) is 18.3. The van der Waals surface area contributed by atoms with Crippen LogP contribution in [0.5, 0.6) is 0 Å².